The fourth-order valence-corrected chi connectivity index (χ4v) is 6.62. The van der Waals surface area contributed by atoms with Gasteiger partial charge in [0.1, 0.15) is 5.41 Å². The van der Waals surface area contributed by atoms with Crippen LogP contribution in [-0.2, 0) is 4.43 Å². The van der Waals surface area contributed by atoms with Crippen molar-refractivity contribution in [1.29, 1.82) is 0 Å². The van der Waals surface area contributed by atoms with E-state index < -0.39 is 25.8 Å². The number of halogens is 5. The van der Waals surface area contributed by atoms with Crippen molar-refractivity contribution >= 4 is 8.32 Å². The largest absolute Gasteiger partial charge is 0.546 e. The number of hydrogen-bond donors (Lipinski definition) is 0. The van der Waals surface area contributed by atoms with Gasteiger partial charge in [-0.3, -0.25) is 0 Å². The standard InChI is InChI=1S/C19H31F5OSi/c1-4-26(5-2,6-3)25-16(17(13-14-17)19(22,23)24)8-7-15-9-11-18(20,21)12-10-15/h8,15H,4-7,9-14H2,1-3H3/b16-8-. The molecule has 0 saturated heterocycles. The third-order valence-corrected chi connectivity index (χ3v) is 11.0. The molecule has 0 aromatic heterocycles. The lowest BCUT2D eigenvalue weighted by atomic mass is 9.84. The van der Waals surface area contributed by atoms with E-state index in [0.717, 1.165) is 18.1 Å². The minimum Gasteiger partial charge on any atom is -0.546 e. The van der Waals surface area contributed by atoms with Crippen molar-refractivity contribution in [2.45, 2.75) is 95.9 Å². The summed E-state index contributed by atoms with van der Waals surface area (Å²) in [6.45, 7) is 5.98. The van der Waals surface area contributed by atoms with E-state index in [0.29, 0.717) is 19.3 Å². The average molecular weight is 399 g/mol. The predicted molar refractivity (Wildman–Crippen MR) is 95.6 cm³/mol. The molecule has 0 unspecified atom stereocenters. The van der Waals surface area contributed by atoms with Gasteiger partial charge in [-0.05, 0) is 62.2 Å². The summed E-state index contributed by atoms with van der Waals surface area (Å²) in [6.07, 6.45) is -1.73. The SMILES string of the molecule is CC[Si](CC)(CC)O/C(=C\CC1CCC(F)(F)CC1)C1(C(F)(F)F)CC1. The fourth-order valence-electron chi connectivity index (χ4n) is 3.94. The minimum absolute atomic E-state index is 0.0261. The molecule has 0 spiro atoms. The van der Waals surface area contributed by atoms with Crippen LogP contribution in [0.5, 0.6) is 0 Å². The lowest BCUT2D eigenvalue weighted by Crippen LogP contribution is -2.39. The molecule has 2 aliphatic rings. The molecule has 26 heavy (non-hydrogen) atoms. The first-order valence-corrected chi connectivity index (χ1v) is 12.4. The summed E-state index contributed by atoms with van der Waals surface area (Å²) < 4.78 is 73.9. The van der Waals surface area contributed by atoms with Crippen molar-refractivity contribution in [3.63, 3.8) is 0 Å². The Bertz CT molecular complexity index is 488. The summed E-state index contributed by atoms with van der Waals surface area (Å²) in [5.41, 5.74) is -1.83. The molecule has 0 amide bonds. The van der Waals surface area contributed by atoms with Crippen molar-refractivity contribution in [2.24, 2.45) is 11.3 Å². The molecule has 0 aromatic carbocycles. The van der Waals surface area contributed by atoms with E-state index in [1.165, 1.54) is 0 Å². The Balaban J connectivity index is 2.19. The van der Waals surface area contributed by atoms with Crippen LogP contribution in [0.1, 0.15) is 65.7 Å². The van der Waals surface area contributed by atoms with Crippen LogP contribution in [0, 0.1) is 11.3 Å². The number of allylic oxidation sites excluding steroid dienone is 2. The molecule has 0 N–H and O–H groups in total. The quantitative estimate of drug-likeness (QED) is 0.234. The zero-order valence-corrected chi connectivity index (χ0v) is 17.0. The molecular formula is C19H31F5OSi. The highest BCUT2D eigenvalue weighted by molar-refractivity contribution is 6.73. The summed E-state index contributed by atoms with van der Waals surface area (Å²) in [6, 6.07) is 2.34. The first-order valence-electron chi connectivity index (χ1n) is 9.87. The van der Waals surface area contributed by atoms with E-state index in [-0.39, 0.29) is 37.4 Å². The van der Waals surface area contributed by atoms with E-state index in [9.17, 15) is 22.0 Å². The van der Waals surface area contributed by atoms with Crippen LogP contribution in [0.4, 0.5) is 22.0 Å². The zero-order chi connectivity index (χ0) is 19.6. The van der Waals surface area contributed by atoms with Gasteiger partial charge in [0.15, 0.2) is 0 Å². The Labute approximate surface area is 154 Å². The molecule has 0 heterocycles. The van der Waals surface area contributed by atoms with E-state index in [1.54, 1.807) is 6.08 Å². The second kappa shape index (κ2) is 7.80. The fraction of sp³-hybridized carbons (Fsp3) is 0.895. The van der Waals surface area contributed by atoms with Gasteiger partial charge in [-0.25, -0.2) is 8.78 Å². The number of alkyl halides is 5. The highest BCUT2D eigenvalue weighted by Gasteiger charge is 2.67. The Hall–Kier alpha value is -0.593. The van der Waals surface area contributed by atoms with Gasteiger partial charge in [0, 0.05) is 12.8 Å². The average Bonchev–Trinajstić information content (AvgIpc) is 3.39. The van der Waals surface area contributed by atoms with E-state index in [4.69, 9.17) is 4.43 Å². The molecule has 2 aliphatic carbocycles. The highest BCUT2D eigenvalue weighted by atomic mass is 28.4. The highest BCUT2D eigenvalue weighted by Crippen LogP contribution is 2.63. The summed E-state index contributed by atoms with van der Waals surface area (Å²) >= 11 is 0. The van der Waals surface area contributed by atoms with Gasteiger partial charge in [0.2, 0.25) is 14.2 Å². The molecule has 0 aromatic rings. The second-order valence-corrected chi connectivity index (χ2v) is 12.7. The van der Waals surface area contributed by atoms with Gasteiger partial charge >= 0.3 is 6.18 Å². The summed E-state index contributed by atoms with van der Waals surface area (Å²) in [5.74, 6) is -2.49. The molecule has 0 bridgehead atoms. The van der Waals surface area contributed by atoms with E-state index in [2.05, 4.69) is 0 Å². The number of hydrogen-bond acceptors (Lipinski definition) is 1. The third-order valence-electron chi connectivity index (χ3n) is 6.50. The smallest absolute Gasteiger partial charge is 0.401 e. The van der Waals surface area contributed by atoms with Crippen LogP contribution in [0.2, 0.25) is 18.1 Å². The normalized spacial score (nSPS) is 23.8. The minimum atomic E-state index is -4.31. The van der Waals surface area contributed by atoms with Crippen LogP contribution in [-0.4, -0.2) is 20.4 Å². The van der Waals surface area contributed by atoms with Crippen molar-refractivity contribution in [3.8, 4) is 0 Å². The molecule has 2 fully saturated rings. The molecule has 2 rings (SSSR count). The maximum Gasteiger partial charge on any atom is 0.401 e. The van der Waals surface area contributed by atoms with Gasteiger partial charge < -0.3 is 4.43 Å². The molecule has 7 heteroatoms. The van der Waals surface area contributed by atoms with Gasteiger partial charge in [-0.2, -0.15) is 13.2 Å². The lowest BCUT2D eigenvalue weighted by Gasteiger charge is -2.35. The second-order valence-electron chi connectivity index (χ2n) is 8.03. The molecule has 152 valence electrons. The summed E-state index contributed by atoms with van der Waals surface area (Å²) in [7, 11) is -2.23. The van der Waals surface area contributed by atoms with Crippen molar-refractivity contribution < 1.29 is 26.4 Å². The molecule has 1 nitrogen and oxygen atoms in total. The Morgan fingerprint density at radius 3 is 1.88 bits per heavy atom. The van der Waals surface area contributed by atoms with Crippen LogP contribution in [0.15, 0.2) is 11.8 Å². The van der Waals surface area contributed by atoms with Crippen LogP contribution >= 0.6 is 0 Å². The van der Waals surface area contributed by atoms with Gasteiger partial charge in [-0.1, -0.05) is 20.8 Å². The molecule has 2 saturated carbocycles. The third kappa shape index (κ3) is 4.63. The topological polar surface area (TPSA) is 9.23 Å². The van der Waals surface area contributed by atoms with E-state index >= 15 is 0 Å². The Kier molecular flexibility index (Phi) is 6.51. The lowest BCUT2D eigenvalue weighted by molar-refractivity contribution is -0.182. The maximum absolute atomic E-state index is 13.7. The Morgan fingerprint density at radius 2 is 1.50 bits per heavy atom. The van der Waals surface area contributed by atoms with Crippen LogP contribution in [0.25, 0.3) is 0 Å². The zero-order valence-electron chi connectivity index (χ0n) is 16.0. The van der Waals surface area contributed by atoms with Gasteiger partial charge in [0.05, 0.1) is 5.76 Å². The van der Waals surface area contributed by atoms with Crippen molar-refractivity contribution in [2.75, 3.05) is 0 Å². The van der Waals surface area contributed by atoms with Crippen molar-refractivity contribution in [1.82, 2.24) is 0 Å². The molecular weight excluding hydrogens is 367 g/mol. The van der Waals surface area contributed by atoms with Crippen molar-refractivity contribution in [3.05, 3.63) is 11.8 Å². The van der Waals surface area contributed by atoms with E-state index in [1.807, 2.05) is 20.8 Å². The van der Waals surface area contributed by atoms with Crippen LogP contribution < -0.4 is 0 Å². The maximum atomic E-state index is 13.7. The molecule has 0 radical (unpaired) electrons. The first kappa shape index (κ1) is 21.7. The monoisotopic (exact) mass is 398 g/mol. The first-order chi connectivity index (χ1) is 12.0. The number of rotatable bonds is 8. The van der Waals surface area contributed by atoms with Gasteiger partial charge in [-0.15, -0.1) is 0 Å². The van der Waals surface area contributed by atoms with Crippen LogP contribution in [0.3, 0.4) is 0 Å². The summed E-state index contributed by atoms with van der Waals surface area (Å²) in [5, 5.41) is 0. The summed E-state index contributed by atoms with van der Waals surface area (Å²) in [4.78, 5) is 0. The molecule has 0 aliphatic heterocycles. The van der Waals surface area contributed by atoms with Gasteiger partial charge in [0.25, 0.3) is 0 Å². The molecule has 0 atom stereocenters. The Morgan fingerprint density at radius 1 is 1.00 bits per heavy atom. The predicted octanol–water partition coefficient (Wildman–Crippen LogP) is 7.45.